The maximum Gasteiger partial charge on any atom is 0.331 e. The summed E-state index contributed by atoms with van der Waals surface area (Å²) < 4.78 is 20.1. The second-order valence-electron chi connectivity index (χ2n) is 4.75. The maximum atomic E-state index is 11.3. The lowest BCUT2D eigenvalue weighted by Gasteiger charge is -2.04. The average molecular weight is 348 g/mol. The minimum atomic E-state index is -0.616. The lowest BCUT2D eigenvalue weighted by Crippen LogP contribution is -2.09. The van der Waals surface area contributed by atoms with Crippen molar-refractivity contribution in [3.05, 3.63) is 12.2 Å². The Balaban J connectivity index is 3.48. The standard InChI is InChI=1S/C16H28O8/c17-7-1-9-21-11-3-13-23-15(19)5-6-16(20)24-14-4-12-22-10-2-8-18/h5-6,17-18H,1-4,7-14H2/b6-5+. The lowest BCUT2D eigenvalue weighted by molar-refractivity contribution is -0.140. The number of carbonyl (C=O) groups excluding carboxylic acids is 2. The van der Waals surface area contributed by atoms with Gasteiger partial charge in [0.05, 0.1) is 13.2 Å². The number of ether oxygens (including phenoxy) is 4. The second-order valence-corrected chi connectivity index (χ2v) is 4.75. The van der Waals surface area contributed by atoms with Crippen LogP contribution in [-0.2, 0) is 28.5 Å². The first-order valence-electron chi connectivity index (χ1n) is 8.09. The second kappa shape index (κ2) is 17.9. The van der Waals surface area contributed by atoms with Crippen LogP contribution in [0.15, 0.2) is 12.2 Å². The zero-order valence-corrected chi connectivity index (χ0v) is 14.0. The van der Waals surface area contributed by atoms with E-state index in [-0.39, 0.29) is 26.4 Å². The Kier molecular flexibility index (Phi) is 16.8. The van der Waals surface area contributed by atoms with Crippen LogP contribution >= 0.6 is 0 Å². The fourth-order valence-corrected chi connectivity index (χ4v) is 1.44. The summed E-state index contributed by atoms with van der Waals surface area (Å²) in [6.07, 6.45) is 4.30. The van der Waals surface area contributed by atoms with Crippen LogP contribution < -0.4 is 0 Å². The van der Waals surface area contributed by atoms with E-state index in [4.69, 9.17) is 29.2 Å². The van der Waals surface area contributed by atoms with Crippen LogP contribution in [-0.4, -0.2) is 75.0 Å². The van der Waals surface area contributed by atoms with E-state index in [1.807, 2.05) is 0 Å². The largest absolute Gasteiger partial charge is 0.462 e. The molecule has 0 bridgehead atoms. The van der Waals surface area contributed by atoms with Crippen molar-refractivity contribution in [3.8, 4) is 0 Å². The Morgan fingerprint density at radius 2 is 1.00 bits per heavy atom. The molecule has 8 nitrogen and oxygen atoms in total. The van der Waals surface area contributed by atoms with Crippen molar-refractivity contribution in [2.75, 3.05) is 52.9 Å². The SMILES string of the molecule is O=C(/C=C/C(=O)OCCCOCCCO)OCCCOCCCO. The summed E-state index contributed by atoms with van der Waals surface area (Å²) >= 11 is 0. The van der Waals surface area contributed by atoms with Crippen LogP contribution in [0.25, 0.3) is 0 Å². The molecular formula is C16H28O8. The van der Waals surface area contributed by atoms with Crippen LogP contribution in [0.1, 0.15) is 25.7 Å². The molecule has 8 heteroatoms. The third kappa shape index (κ3) is 16.9. The number of esters is 2. The number of aliphatic hydroxyl groups excluding tert-OH is 2. The summed E-state index contributed by atoms with van der Waals surface area (Å²) in [6, 6.07) is 0. The number of rotatable bonds is 16. The van der Waals surface area contributed by atoms with Gasteiger partial charge >= 0.3 is 11.9 Å². The molecule has 0 amide bonds. The quantitative estimate of drug-likeness (QED) is 0.231. The predicted octanol–water partition coefficient (Wildman–Crippen LogP) is 0.207. The molecule has 0 aliphatic carbocycles. The van der Waals surface area contributed by atoms with Gasteiger partial charge in [-0.2, -0.15) is 0 Å². The Morgan fingerprint density at radius 3 is 1.38 bits per heavy atom. The lowest BCUT2D eigenvalue weighted by atomic mass is 10.4. The topological polar surface area (TPSA) is 112 Å². The molecule has 0 rings (SSSR count). The predicted molar refractivity (Wildman–Crippen MR) is 85.3 cm³/mol. The molecule has 0 aliphatic rings. The van der Waals surface area contributed by atoms with E-state index >= 15 is 0 Å². The van der Waals surface area contributed by atoms with E-state index < -0.39 is 11.9 Å². The number of hydrogen-bond acceptors (Lipinski definition) is 8. The van der Waals surface area contributed by atoms with Gasteiger partial charge in [-0.15, -0.1) is 0 Å². The zero-order valence-electron chi connectivity index (χ0n) is 14.0. The van der Waals surface area contributed by atoms with E-state index in [1.54, 1.807) is 0 Å². The molecule has 0 aromatic rings. The summed E-state index contributed by atoms with van der Waals surface area (Å²) in [7, 11) is 0. The molecule has 2 N–H and O–H groups in total. The fraction of sp³-hybridized carbons (Fsp3) is 0.750. The van der Waals surface area contributed by atoms with Crippen LogP contribution in [0, 0.1) is 0 Å². The molecule has 0 saturated carbocycles. The minimum absolute atomic E-state index is 0.0899. The third-order valence-electron chi connectivity index (χ3n) is 2.60. The van der Waals surface area contributed by atoms with E-state index in [0.717, 1.165) is 12.2 Å². The summed E-state index contributed by atoms with van der Waals surface area (Å²) in [4.78, 5) is 22.7. The maximum absolute atomic E-state index is 11.3. The van der Waals surface area contributed by atoms with Gasteiger partial charge in [0.1, 0.15) is 0 Å². The highest BCUT2D eigenvalue weighted by molar-refractivity contribution is 5.91. The molecule has 0 aromatic heterocycles. The van der Waals surface area contributed by atoms with Crippen LogP contribution in [0.3, 0.4) is 0 Å². The van der Waals surface area contributed by atoms with E-state index in [2.05, 4.69) is 0 Å². The van der Waals surface area contributed by atoms with Gasteiger partial charge in [0.2, 0.25) is 0 Å². The number of carbonyl (C=O) groups is 2. The van der Waals surface area contributed by atoms with E-state index in [1.165, 1.54) is 0 Å². The van der Waals surface area contributed by atoms with Crippen LogP contribution in [0.5, 0.6) is 0 Å². The van der Waals surface area contributed by atoms with Gasteiger partial charge in [0, 0.05) is 64.6 Å². The van der Waals surface area contributed by atoms with Gasteiger partial charge in [0.15, 0.2) is 0 Å². The molecule has 0 aromatic carbocycles. The molecule has 0 aliphatic heterocycles. The van der Waals surface area contributed by atoms with Crippen molar-refractivity contribution in [2.24, 2.45) is 0 Å². The third-order valence-corrected chi connectivity index (χ3v) is 2.60. The summed E-state index contributed by atoms with van der Waals surface area (Å²) in [5.41, 5.74) is 0. The van der Waals surface area contributed by atoms with Crippen molar-refractivity contribution in [1.82, 2.24) is 0 Å². The first kappa shape index (κ1) is 22.5. The summed E-state index contributed by atoms with van der Waals surface area (Å²) in [5, 5.41) is 17.1. The van der Waals surface area contributed by atoms with Crippen molar-refractivity contribution in [3.63, 3.8) is 0 Å². The number of aliphatic hydroxyl groups is 2. The zero-order chi connectivity index (χ0) is 17.9. The van der Waals surface area contributed by atoms with Gasteiger partial charge in [-0.05, 0) is 12.8 Å². The molecule has 140 valence electrons. The first-order chi connectivity index (χ1) is 11.7. The summed E-state index contributed by atoms with van der Waals surface area (Å²) in [5.74, 6) is -1.23. The van der Waals surface area contributed by atoms with Crippen LogP contribution in [0.2, 0.25) is 0 Å². The smallest absolute Gasteiger partial charge is 0.331 e. The van der Waals surface area contributed by atoms with Crippen molar-refractivity contribution >= 4 is 11.9 Å². The van der Waals surface area contributed by atoms with Crippen molar-refractivity contribution in [1.29, 1.82) is 0 Å². The first-order valence-corrected chi connectivity index (χ1v) is 8.09. The monoisotopic (exact) mass is 348 g/mol. The molecule has 0 radical (unpaired) electrons. The van der Waals surface area contributed by atoms with Crippen molar-refractivity contribution in [2.45, 2.75) is 25.7 Å². The number of hydrogen-bond donors (Lipinski definition) is 2. The fourth-order valence-electron chi connectivity index (χ4n) is 1.44. The van der Waals surface area contributed by atoms with Gasteiger partial charge in [-0.1, -0.05) is 0 Å². The molecule has 0 saturated heterocycles. The Hall–Kier alpha value is -1.48. The van der Waals surface area contributed by atoms with Gasteiger partial charge in [-0.3, -0.25) is 0 Å². The van der Waals surface area contributed by atoms with Crippen LogP contribution in [0.4, 0.5) is 0 Å². The Morgan fingerprint density at radius 1 is 0.625 bits per heavy atom. The Bertz CT molecular complexity index is 311. The van der Waals surface area contributed by atoms with E-state index in [0.29, 0.717) is 52.1 Å². The molecule has 24 heavy (non-hydrogen) atoms. The highest BCUT2D eigenvalue weighted by Crippen LogP contribution is 1.92. The summed E-state index contributed by atoms with van der Waals surface area (Å²) in [6.45, 7) is 2.41. The van der Waals surface area contributed by atoms with E-state index in [9.17, 15) is 9.59 Å². The molecule has 0 fully saturated rings. The highest BCUT2D eigenvalue weighted by Gasteiger charge is 2.01. The van der Waals surface area contributed by atoms with Gasteiger partial charge < -0.3 is 29.2 Å². The molecular weight excluding hydrogens is 320 g/mol. The molecule has 0 spiro atoms. The van der Waals surface area contributed by atoms with Crippen molar-refractivity contribution < 1.29 is 38.7 Å². The Labute approximate surface area is 142 Å². The van der Waals surface area contributed by atoms with Gasteiger partial charge in [-0.25, -0.2) is 9.59 Å². The molecule has 0 atom stereocenters. The van der Waals surface area contributed by atoms with Gasteiger partial charge in [0.25, 0.3) is 0 Å². The molecule has 0 heterocycles. The average Bonchev–Trinajstić information content (AvgIpc) is 2.58. The molecule has 0 unspecified atom stereocenters. The highest BCUT2D eigenvalue weighted by atomic mass is 16.5. The normalized spacial score (nSPS) is 10.9. The minimum Gasteiger partial charge on any atom is -0.462 e.